The molecule has 4 aromatic heterocycles. The number of halogens is 3. The van der Waals surface area contributed by atoms with E-state index in [0.29, 0.717) is 28.7 Å². The number of amides is 4. The van der Waals surface area contributed by atoms with Crippen LogP contribution >= 0.6 is 11.6 Å². The third-order valence-corrected chi connectivity index (χ3v) is 16.4. The maximum Gasteiger partial charge on any atom is 0.258 e. The molecule has 23 nitrogen and oxygen atoms in total. The van der Waals surface area contributed by atoms with Gasteiger partial charge in [-0.25, -0.2) is 18.7 Å². The molecule has 0 bridgehead atoms. The lowest BCUT2D eigenvalue weighted by atomic mass is 9.84. The van der Waals surface area contributed by atoms with Gasteiger partial charge >= 0.3 is 0 Å². The number of alkyl halides is 3. The molecule has 8 atom stereocenters. The molecule has 11 aromatic rings. The Morgan fingerprint density at radius 1 is 0.490 bits per heavy atom. The number of aliphatic hydroxyl groups is 3. The molecule has 13 rings (SSSR count). The van der Waals surface area contributed by atoms with E-state index in [4.69, 9.17) is 30.5 Å². The van der Waals surface area contributed by atoms with Crippen LogP contribution in [0.4, 0.5) is 32.3 Å². The quantitative estimate of drug-likeness (QED) is 0.0329. The molecule has 0 saturated carbocycles. The molecular formula is C72H71ClF2N12O11. The summed E-state index contributed by atoms with van der Waals surface area (Å²) in [6.07, 6.45) is -7.93. The minimum Gasteiger partial charge on any atom is -0.497 e. The van der Waals surface area contributed by atoms with E-state index in [9.17, 15) is 43.3 Å². The maximum absolute atomic E-state index is 15.0. The van der Waals surface area contributed by atoms with Crippen molar-refractivity contribution >= 4 is 81.1 Å². The first-order valence-corrected chi connectivity index (χ1v) is 30.5. The summed E-state index contributed by atoms with van der Waals surface area (Å²) in [6.45, 7) is 1.20. The lowest BCUT2D eigenvalue weighted by molar-refractivity contribution is -0.0459. The molecule has 0 unspecified atom stereocenters. The zero-order valence-corrected chi connectivity index (χ0v) is 52.3. The zero-order chi connectivity index (χ0) is 67.5. The smallest absolute Gasteiger partial charge is 0.258 e. The van der Waals surface area contributed by atoms with Crippen molar-refractivity contribution in [2.24, 2.45) is 0 Å². The van der Waals surface area contributed by atoms with Crippen molar-refractivity contribution in [1.82, 2.24) is 39.0 Å². The lowest BCUT2D eigenvalue weighted by Crippen LogP contribution is -2.30. The van der Waals surface area contributed by atoms with Gasteiger partial charge in [0.1, 0.15) is 34.7 Å². The van der Waals surface area contributed by atoms with Gasteiger partial charge in [-0.3, -0.25) is 38.9 Å². The number of fused-ring (bicyclic) bond motifs is 2. The van der Waals surface area contributed by atoms with Gasteiger partial charge in [-0.1, -0.05) is 149 Å². The van der Waals surface area contributed by atoms with Crippen molar-refractivity contribution in [3.63, 3.8) is 0 Å². The molecule has 26 heteroatoms. The topological polar surface area (TPSA) is 301 Å². The highest BCUT2D eigenvalue weighted by atomic mass is 35.5. The van der Waals surface area contributed by atoms with E-state index in [1.165, 1.54) is 21.8 Å². The van der Waals surface area contributed by atoms with E-state index in [0.717, 1.165) is 28.2 Å². The Labute approximate surface area is 567 Å². The van der Waals surface area contributed by atoms with Crippen molar-refractivity contribution in [3.05, 3.63) is 252 Å². The number of aromatic nitrogens is 8. The van der Waals surface area contributed by atoms with Gasteiger partial charge in [0.05, 0.1) is 39.6 Å². The first-order chi connectivity index (χ1) is 46.6. The van der Waals surface area contributed by atoms with Crippen LogP contribution in [0, 0.1) is 0 Å². The van der Waals surface area contributed by atoms with Crippen LogP contribution in [0.2, 0.25) is 0 Å². The van der Waals surface area contributed by atoms with Crippen LogP contribution in [0.15, 0.2) is 213 Å². The molecule has 2 saturated heterocycles. The Kier molecular flexibility index (Phi) is 23.5. The predicted molar refractivity (Wildman–Crippen MR) is 367 cm³/mol. The van der Waals surface area contributed by atoms with Crippen molar-refractivity contribution in [3.8, 4) is 11.5 Å². The van der Waals surface area contributed by atoms with Gasteiger partial charge < -0.3 is 44.9 Å². The number of nitrogens with one attached hydrogen (secondary N) is 4. The predicted octanol–water partition coefficient (Wildman–Crippen LogP) is 11.8. The molecule has 4 amide bonds. The summed E-state index contributed by atoms with van der Waals surface area (Å²) in [5.41, 5.74) is 4.89. The van der Waals surface area contributed by atoms with Crippen LogP contribution in [0.25, 0.3) is 22.3 Å². The number of methoxy groups -OCH3 is 2. The van der Waals surface area contributed by atoms with E-state index < -0.39 is 84.3 Å². The number of ether oxygens (including phenoxy) is 4. The Morgan fingerprint density at radius 3 is 1.12 bits per heavy atom. The Balaban J connectivity index is 0.000000174. The summed E-state index contributed by atoms with van der Waals surface area (Å²) in [4.78, 5) is 76.1. The Hall–Kier alpha value is -10.9. The highest BCUT2D eigenvalue weighted by Gasteiger charge is 2.47. The van der Waals surface area contributed by atoms with Gasteiger partial charge in [-0.05, 0) is 95.9 Å². The number of carbonyl (C=O) groups is 4. The monoisotopic (exact) mass is 1350 g/mol. The van der Waals surface area contributed by atoms with Crippen molar-refractivity contribution in [2.45, 2.75) is 82.3 Å². The molecule has 6 heterocycles. The second-order valence-corrected chi connectivity index (χ2v) is 22.4. The number of hydrogen-bond donors (Lipinski definition) is 7. The SMILES string of the molecule is C.C.CC[C@H]1O[C@@H](n2cnc3c(NC(=O)c4ccccc4)nc(NC(=O)c4ccccc4)nc32)[C@H](F)[C@@H]1O.COc1ccc(C(Cl)(c2ccccc2)c2ccc(OC)cc2)cc1.O=C(Nc1nc(NC(=O)c2ccccc2)c2ncn([C@@H]3O[C@H](CO)[C@@H](O)[C@H]3F)c2n1)c1ccccc1. The second-order valence-electron chi connectivity index (χ2n) is 21.8. The molecule has 2 aliphatic heterocycles. The highest BCUT2D eigenvalue weighted by Crippen LogP contribution is 2.44. The average molecular weight is 1350 g/mol. The fourth-order valence-electron chi connectivity index (χ4n) is 10.7. The molecule has 506 valence electrons. The van der Waals surface area contributed by atoms with Gasteiger partial charge in [-0.2, -0.15) is 19.9 Å². The van der Waals surface area contributed by atoms with Crippen LogP contribution in [0.3, 0.4) is 0 Å². The number of imidazole rings is 2. The molecule has 7 aromatic carbocycles. The molecule has 0 spiro atoms. The molecule has 0 aliphatic carbocycles. The first kappa shape index (κ1) is 71.4. The summed E-state index contributed by atoms with van der Waals surface area (Å²) >= 11 is 7.22. The third-order valence-electron chi connectivity index (χ3n) is 15.8. The van der Waals surface area contributed by atoms with E-state index in [1.807, 2.05) is 78.9 Å². The molecule has 2 fully saturated rings. The lowest BCUT2D eigenvalue weighted by Gasteiger charge is -2.29. The number of benzene rings is 7. The van der Waals surface area contributed by atoms with Gasteiger partial charge in [0.2, 0.25) is 11.9 Å². The number of anilines is 4. The summed E-state index contributed by atoms with van der Waals surface area (Å²) in [6, 6.07) is 59.5. The van der Waals surface area contributed by atoms with Crippen LogP contribution in [0.5, 0.6) is 11.5 Å². The number of aliphatic hydroxyl groups excluding tert-OH is 3. The van der Waals surface area contributed by atoms with Gasteiger partial charge in [0, 0.05) is 22.3 Å². The standard InChI is InChI=1S/C25H23FN6O4.C24H21FN6O5.C21H19ClO2.2CH4/c1-2-16-19(33)17(26)24(36-16)32-13-27-18-20(28-22(34)14-9-5-3-6-10-14)29-25(30-21(18)32)31-23(35)15-11-7-4-8-12-15;25-16-18(33)15(11-32)36-23(16)31-12-26-17-19(27-21(34)13-7-3-1-4-8-13)28-24(29-20(17)31)30-22(35)14-9-5-2-6-10-14;1-23-19-12-8-17(9-13-19)21(22,16-6-4-3-5-7-16)18-10-14-20(24-2)15-11-18;;/h3-13,16-17,19,24,33H,2H2,1H3,(H2,28,29,30,31,34,35);1-10,12,15-16,18,23,32-33H,11H2,(H2,27,28,29,30,34,35);3-15H,1-2H3;2*1H4/t16-,17-,19-,24-;15-,16-,18-,23-;;;/m11.../s1. The molecular weight excluding hydrogens is 1280 g/mol. The first-order valence-electron chi connectivity index (χ1n) is 30.1. The van der Waals surface area contributed by atoms with Crippen LogP contribution in [-0.2, 0) is 14.3 Å². The average Bonchev–Trinajstić information content (AvgIpc) is 1.53. The van der Waals surface area contributed by atoms with Crippen molar-refractivity contribution in [1.29, 1.82) is 0 Å². The van der Waals surface area contributed by atoms with E-state index in [-0.39, 0.29) is 60.7 Å². The van der Waals surface area contributed by atoms with E-state index >= 15 is 0 Å². The third kappa shape index (κ3) is 15.5. The van der Waals surface area contributed by atoms with Crippen LogP contribution in [0.1, 0.15) is 98.8 Å². The Bertz CT molecular complexity index is 4220. The zero-order valence-electron chi connectivity index (χ0n) is 51.6. The summed E-state index contributed by atoms with van der Waals surface area (Å²) in [5, 5.41) is 40.2. The van der Waals surface area contributed by atoms with Crippen molar-refractivity contribution in [2.75, 3.05) is 42.1 Å². The molecule has 0 radical (unpaired) electrons. The number of carbonyl (C=O) groups excluding carboxylic acids is 4. The van der Waals surface area contributed by atoms with Crippen molar-refractivity contribution < 1.29 is 62.2 Å². The summed E-state index contributed by atoms with van der Waals surface area (Å²) < 4.78 is 54.1. The van der Waals surface area contributed by atoms with E-state index in [2.05, 4.69) is 51.2 Å². The molecule has 7 N–H and O–H groups in total. The van der Waals surface area contributed by atoms with E-state index in [1.54, 1.807) is 142 Å². The van der Waals surface area contributed by atoms with Gasteiger partial charge in [-0.15, -0.1) is 11.6 Å². The largest absolute Gasteiger partial charge is 0.497 e. The normalized spacial score (nSPS) is 18.5. The van der Waals surface area contributed by atoms with Gasteiger partial charge in [0.25, 0.3) is 23.6 Å². The highest BCUT2D eigenvalue weighted by molar-refractivity contribution is 6.28. The maximum atomic E-state index is 15.0. The summed E-state index contributed by atoms with van der Waals surface area (Å²) in [7, 11) is 3.31. The molecule has 98 heavy (non-hydrogen) atoms. The number of nitrogens with zero attached hydrogens (tertiary/aromatic N) is 8. The van der Waals surface area contributed by atoms with Crippen LogP contribution < -0.4 is 30.7 Å². The van der Waals surface area contributed by atoms with Crippen LogP contribution in [-0.4, -0.2) is 136 Å². The Morgan fingerprint density at radius 2 is 0.806 bits per heavy atom. The minimum absolute atomic E-state index is 0. The fraction of sp³-hybridized carbons (Fsp3) is 0.222. The minimum atomic E-state index is -1.89. The molecule has 2 aliphatic rings. The number of rotatable bonds is 17. The van der Waals surface area contributed by atoms with Gasteiger partial charge in [0.15, 0.2) is 58.8 Å². The fourth-order valence-corrected chi connectivity index (χ4v) is 11.1. The second kappa shape index (κ2) is 32.2. The number of hydrogen-bond acceptors (Lipinski definition) is 17. The summed E-state index contributed by atoms with van der Waals surface area (Å²) in [5.74, 6) is -0.589.